The smallest absolute Gasteiger partial charge is 0.255 e. The van der Waals surface area contributed by atoms with E-state index in [0.717, 1.165) is 24.2 Å². The van der Waals surface area contributed by atoms with Crippen LogP contribution < -0.4 is 5.32 Å². The molecule has 5 heteroatoms. The molecular formula is C21H28N2O3. The van der Waals surface area contributed by atoms with Crippen molar-refractivity contribution in [2.45, 2.75) is 64.0 Å². The summed E-state index contributed by atoms with van der Waals surface area (Å²) in [6, 6.07) is 5.57. The molecule has 2 amide bonds. The molecule has 1 atom stereocenters. The van der Waals surface area contributed by atoms with E-state index in [2.05, 4.69) is 17.4 Å². The van der Waals surface area contributed by atoms with Gasteiger partial charge in [-0.3, -0.25) is 9.59 Å². The first-order chi connectivity index (χ1) is 12.6. The number of carbonyl (C=O) groups is 3. The summed E-state index contributed by atoms with van der Waals surface area (Å²) in [6.07, 6.45) is 9.08. The Kier molecular flexibility index (Phi) is 6.07. The number of aldehydes is 1. The van der Waals surface area contributed by atoms with E-state index in [-0.39, 0.29) is 18.2 Å². The zero-order chi connectivity index (χ0) is 18.5. The van der Waals surface area contributed by atoms with E-state index in [1.54, 1.807) is 11.9 Å². The Morgan fingerprint density at radius 2 is 2.08 bits per heavy atom. The second kappa shape index (κ2) is 8.47. The number of hydrogen-bond acceptors (Lipinski definition) is 3. The lowest BCUT2D eigenvalue weighted by atomic mass is 9.84. The third kappa shape index (κ3) is 4.14. The lowest BCUT2D eigenvalue weighted by molar-refractivity contribution is -0.121. The van der Waals surface area contributed by atoms with E-state index in [4.69, 9.17) is 0 Å². The molecule has 26 heavy (non-hydrogen) atoms. The standard InChI is InChI=1S/C21H28N2O3/c1-22-20(25)10-8-18(14-24)23-13-17-12-16(7-9-19(17)21(23)26)11-15-5-3-2-4-6-15/h7,9,12,14-15,18H,2-6,8,10-11,13H2,1H3,(H,22,25). The van der Waals surface area contributed by atoms with Crippen LogP contribution in [0.2, 0.25) is 0 Å². The number of hydrogen-bond donors (Lipinski definition) is 1. The van der Waals surface area contributed by atoms with Gasteiger partial charge in [-0.15, -0.1) is 0 Å². The Balaban J connectivity index is 1.67. The summed E-state index contributed by atoms with van der Waals surface area (Å²) in [5.41, 5.74) is 3.00. The number of nitrogens with zero attached hydrogens (tertiary/aromatic N) is 1. The van der Waals surface area contributed by atoms with Gasteiger partial charge in [-0.25, -0.2) is 0 Å². The van der Waals surface area contributed by atoms with E-state index in [1.165, 1.54) is 37.7 Å². The van der Waals surface area contributed by atoms with Crippen LogP contribution in [0.25, 0.3) is 0 Å². The van der Waals surface area contributed by atoms with Crippen LogP contribution in [0, 0.1) is 5.92 Å². The molecule has 5 nitrogen and oxygen atoms in total. The number of amides is 2. The molecule has 1 fully saturated rings. The van der Waals surface area contributed by atoms with Gasteiger partial charge in [0.2, 0.25) is 5.91 Å². The van der Waals surface area contributed by atoms with Gasteiger partial charge in [0.15, 0.2) is 0 Å². The van der Waals surface area contributed by atoms with E-state index < -0.39 is 6.04 Å². The summed E-state index contributed by atoms with van der Waals surface area (Å²) >= 11 is 0. The second-order valence-corrected chi connectivity index (χ2v) is 7.55. The molecule has 1 aromatic rings. The highest BCUT2D eigenvalue weighted by atomic mass is 16.2. The van der Waals surface area contributed by atoms with Gasteiger partial charge in [0.05, 0.1) is 6.04 Å². The summed E-state index contributed by atoms with van der Waals surface area (Å²) in [7, 11) is 1.57. The second-order valence-electron chi connectivity index (χ2n) is 7.55. The zero-order valence-corrected chi connectivity index (χ0v) is 15.5. The molecule has 1 aliphatic heterocycles. The predicted molar refractivity (Wildman–Crippen MR) is 99.7 cm³/mol. The Morgan fingerprint density at radius 1 is 1.31 bits per heavy atom. The monoisotopic (exact) mass is 356 g/mol. The first kappa shape index (κ1) is 18.6. The van der Waals surface area contributed by atoms with E-state index in [0.29, 0.717) is 18.5 Å². The van der Waals surface area contributed by atoms with Gasteiger partial charge in [0.25, 0.3) is 5.91 Å². The minimum Gasteiger partial charge on any atom is -0.359 e. The molecule has 1 aromatic carbocycles. The fourth-order valence-electron chi connectivity index (χ4n) is 4.22. The van der Waals surface area contributed by atoms with Crippen LogP contribution in [-0.2, 0) is 22.6 Å². The summed E-state index contributed by atoms with van der Waals surface area (Å²) < 4.78 is 0. The Hall–Kier alpha value is -2.17. The number of benzene rings is 1. The van der Waals surface area contributed by atoms with Crippen molar-refractivity contribution < 1.29 is 14.4 Å². The third-order valence-electron chi connectivity index (χ3n) is 5.75. The zero-order valence-electron chi connectivity index (χ0n) is 15.5. The van der Waals surface area contributed by atoms with Crippen molar-refractivity contribution in [3.8, 4) is 0 Å². The maximum Gasteiger partial charge on any atom is 0.255 e. The lowest BCUT2D eigenvalue weighted by Gasteiger charge is -2.22. The van der Waals surface area contributed by atoms with Crippen molar-refractivity contribution in [2.24, 2.45) is 5.92 Å². The molecule has 1 aliphatic carbocycles. The molecule has 1 heterocycles. The Bertz CT molecular complexity index is 680. The van der Waals surface area contributed by atoms with Crippen LogP contribution in [0.15, 0.2) is 18.2 Å². The average Bonchev–Trinajstić information content (AvgIpc) is 2.99. The minimum absolute atomic E-state index is 0.0989. The van der Waals surface area contributed by atoms with Gasteiger partial charge in [-0.1, -0.05) is 44.2 Å². The maximum absolute atomic E-state index is 12.7. The van der Waals surface area contributed by atoms with Gasteiger partial charge in [-0.2, -0.15) is 0 Å². The minimum atomic E-state index is -0.547. The van der Waals surface area contributed by atoms with Crippen LogP contribution in [0.1, 0.15) is 66.4 Å². The number of nitrogens with one attached hydrogen (secondary N) is 1. The molecule has 0 radical (unpaired) electrons. The van der Waals surface area contributed by atoms with E-state index >= 15 is 0 Å². The lowest BCUT2D eigenvalue weighted by Crippen LogP contribution is -2.37. The fraction of sp³-hybridized carbons (Fsp3) is 0.571. The quantitative estimate of drug-likeness (QED) is 0.764. The topological polar surface area (TPSA) is 66.5 Å². The van der Waals surface area contributed by atoms with Crippen LogP contribution >= 0.6 is 0 Å². The van der Waals surface area contributed by atoms with Crippen molar-refractivity contribution in [3.63, 3.8) is 0 Å². The molecule has 0 bridgehead atoms. The van der Waals surface area contributed by atoms with Crippen LogP contribution in [0.5, 0.6) is 0 Å². The fourth-order valence-corrected chi connectivity index (χ4v) is 4.22. The van der Waals surface area contributed by atoms with Gasteiger partial charge in [-0.05, 0) is 36.0 Å². The molecule has 1 saturated carbocycles. The molecule has 140 valence electrons. The van der Waals surface area contributed by atoms with E-state index in [1.807, 2.05) is 6.07 Å². The molecule has 1 N–H and O–H groups in total. The van der Waals surface area contributed by atoms with Gasteiger partial charge in [0.1, 0.15) is 6.29 Å². The number of rotatable bonds is 7. The first-order valence-electron chi connectivity index (χ1n) is 9.71. The highest BCUT2D eigenvalue weighted by molar-refractivity contribution is 5.99. The van der Waals surface area contributed by atoms with Crippen LogP contribution in [0.4, 0.5) is 0 Å². The molecule has 2 aliphatic rings. The Labute approximate surface area is 155 Å². The summed E-state index contributed by atoms with van der Waals surface area (Å²) in [5.74, 6) is 0.541. The first-order valence-corrected chi connectivity index (χ1v) is 9.71. The average molecular weight is 356 g/mol. The molecule has 0 spiro atoms. The van der Waals surface area contributed by atoms with Gasteiger partial charge >= 0.3 is 0 Å². The molecular weight excluding hydrogens is 328 g/mol. The summed E-state index contributed by atoms with van der Waals surface area (Å²) in [5, 5.41) is 2.55. The molecule has 3 rings (SSSR count). The van der Waals surface area contributed by atoms with Crippen LogP contribution in [0.3, 0.4) is 0 Å². The van der Waals surface area contributed by atoms with Crippen LogP contribution in [-0.4, -0.2) is 36.1 Å². The maximum atomic E-state index is 12.7. The largest absolute Gasteiger partial charge is 0.359 e. The van der Waals surface area contributed by atoms with Crippen molar-refractivity contribution in [3.05, 3.63) is 34.9 Å². The normalized spacial score (nSPS) is 18.5. The number of carbonyl (C=O) groups excluding carboxylic acids is 3. The molecule has 0 aromatic heterocycles. The molecule has 0 saturated heterocycles. The van der Waals surface area contributed by atoms with Crippen molar-refractivity contribution in [1.82, 2.24) is 10.2 Å². The third-order valence-corrected chi connectivity index (χ3v) is 5.75. The Morgan fingerprint density at radius 3 is 2.77 bits per heavy atom. The van der Waals surface area contributed by atoms with Crippen molar-refractivity contribution in [1.29, 1.82) is 0 Å². The summed E-state index contributed by atoms with van der Waals surface area (Å²) in [6.45, 7) is 0.462. The number of fused-ring (bicyclic) bond motifs is 1. The predicted octanol–water partition coefficient (Wildman–Crippen LogP) is 2.86. The highest BCUT2D eigenvalue weighted by Crippen LogP contribution is 2.30. The van der Waals surface area contributed by atoms with Gasteiger partial charge < -0.3 is 15.0 Å². The summed E-state index contributed by atoms with van der Waals surface area (Å²) in [4.78, 5) is 37.2. The molecule has 1 unspecified atom stereocenters. The SMILES string of the molecule is CNC(=O)CCC(C=O)N1Cc2cc(CC3CCCCC3)ccc2C1=O. The van der Waals surface area contributed by atoms with Crippen molar-refractivity contribution >= 4 is 18.1 Å². The van der Waals surface area contributed by atoms with E-state index in [9.17, 15) is 14.4 Å². The van der Waals surface area contributed by atoms with Crippen molar-refractivity contribution in [2.75, 3.05) is 7.05 Å². The highest BCUT2D eigenvalue weighted by Gasteiger charge is 2.32. The van der Waals surface area contributed by atoms with Gasteiger partial charge in [0, 0.05) is 25.6 Å².